The van der Waals surface area contributed by atoms with Crippen LogP contribution in [0.25, 0.3) is 5.65 Å². The van der Waals surface area contributed by atoms with Crippen LogP contribution in [0, 0.1) is 0 Å². The number of hydrogen-bond acceptors (Lipinski definition) is 9. The third kappa shape index (κ3) is 4.41. The third-order valence-electron chi connectivity index (χ3n) is 5.61. The Kier molecular flexibility index (Phi) is 5.57. The molecule has 11 nitrogen and oxygen atoms in total. The molecule has 1 saturated carbocycles. The normalized spacial score (nSPS) is 21.7. The molecule has 3 aromatic rings. The molecule has 0 unspecified atom stereocenters. The van der Waals surface area contributed by atoms with Gasteiger partial charge in [0.25, 0.3) is 5.91 Å². The fraction of sp³-hybridized carbons (Fsp3) is 0.500. The lowest BCUT2D eigenvalue weighted by Crippen LogP contribution is -2.40. The largest absolute Gasteiger partial charge is 0.460 e. The Morgan fingerprint density at radius 1 is 1.10 bits per heavy atom. The van der Waals surface area contributed by atoms with Crippen molar-refractivity contribution in [1.82, 2.24) is 34.9 Å². The highest BCUT2D eigenvalue weighted by Gasteiger charge is 2.26. The highest BCUT2D eigenvalue weighted by Crippen LogP contribution is 2.25. The zero-order valence-electron chi connectivity index (χ0n) is 17.1. The molecule has 1 saturated heterocycles. The van der Waals surface area contributed by atoms with Crippen LogP contribution in [0.5, 0.6) is 6.01 Å². The first-order valence-electron chi connectivity index (χ1n) is 10.5. The Bertz CT molecular complexity index is 1030. The van der Waals surface area contributed by atoms with Crippen molar-refractivity contribution in [3.05, 3.63) is 36.7 Å². The summed E-state index contributed by atoms with van der Waals surface area (Å²) in [7, 11) is 0. The molecule has 11 heteroatoms. The first-order valence-corrected chi connectivity index (χ1v) is 10.5. The number of carbonyl (C=O) groups is 1. The quantitative estimate of drug-likeness (QED) is 0.636. The van der Waals surface area contributed by atoms with Crippen LogP contribution in [0.15, 0.2) is 30.9 Å². The van der Waals surface area contributed by atoms with Crippen molar-refractivity contribution in [3.63, 3.8) is 0 Å². The van der Waals surface area contributed by atoms with Gasteiger partial charge in [-0.3, -0.25) is 4.79 Å². The number of amides is 1. The van der Waals surface area contributed by atoms with E-state index >= 15 is 0 Å². The summed E-state index contributed by atoms with van der Waals surface area (Å²) in [6.45, 7) is 2.93. The van der Waals surface area contributed by atoms with Crippen LogP contribution in [-0.2, 0) is 4.74 Å². The second-order valence-electron chi connectivity index (χ2n) is 7.66. The number of nitrogens with zero attached hydrogens (tertiary/aromatic N) is 7. The maximum Gasteiger partial charge on any atom is 0.321 e. The first-order chi connectivity index (χ1) is 15.3. The Hall–Kier alpha value is -3.34. The molecule has 2 aliphatic rings. The van der Waals surface area contributed by atoms with Gasteiger partial charge in [0.1, 0.15) is 18.2 Å². The Morgan fingerprint density at radius 2 is 1.87 bits per heavy atom. The lowest BCUT2D eigenvalue weighted by Gasteiger charge is -2.30. The molecule has 1 amide bonds. The summed E-state index contributed by atoms with van der Waals surface area (Å²) in [6.07, 6.45) is 7.87. The molecule has 0 atom stereocenters. The number of ether oxygens (including phenoxy) is 2. The maximum absolute atomic E-state index is 12.3. The van der Waals surface area contributed by atoms with Crippen LogP contribution in [0.1, 0.15) is 36.3 Å². The Morgan fingerprint density at radius 3 is 2.65 bits per heavy atom. The van der Waals surface area contributed by atoms with Crippen molar-refractivity contribution in [2.75, 3.05) is 31.2 Å². The van der Waals surface area contributed by atoms with Crippen LogP contribution in [0.2, 0.25) is 0 Å². The monoisotopic (exact) mass is 424 g/mol. The van der Waals surface area contributed by atoms with Crippen molar-refractivity contribution >= 4 is 17.4 Å². The zero-order chi connectivity index (χ0) is 21.0. The first kappa shape index (κ1) is 19.6. The molecule has 0 bridgehead atoms. The van der Waals surface area contributed by atoms with Crippen LogP contribution < -0.4 is 15.0 Å². The zero-order valence-corrected chi connectivity index (χ0v) is 17.1. The van der Waals surface area contributed by atoms with Gasteiger partial charge in [-0.05, 0) is 31.7 Å². The van der Waals surface area contributed by atoms with Gasteiger partial charge in [-0.15, -0.1) is 0 Å². The fourth-order valence-corrected chi connectivity index (χ4v) is 3.96. The minimum Gasteiger partial charge on any atom is -0.460 e. The number of fused-ring (bicyclic) bond motifs is 1. The van der Waals surface area contributed by atoms with Crippen LogP contribution in [0.4, 0.5) is 5.82 Å². The number of morpholine rings is 1. The summed E-state index contributed by atoms with van der Waals surface area (Å²) in [5.74, 6) is 0.773. The molecule has 3 aromatic heterocycles. The summed E-state index contributed by atoms with van der Waals surface area (Å²) in [6, 6.07) is 4.13. The minimum atomic E-state index is -0.242. The van der Waals surface area contributed by atoms with Gasteiger partial charge < -0.3 is 19.7 Å². The summed E-state index contributed by atoms with van der Waals surface area (Å²) in [5.41, 5.74) is 0.704. The van der Waals surface area contributed by atoms with E-state index in [9.17, 15) is 4.79 Å². The van der Waals surface area contributed by atoms with E-state index in [1.807, 2.05) is 6.07 Å². The lowest BCUT2D eigenvalue weighted by atomic mass is 9.93. The van der Waals surface area contributed by atoms with Crippen molar-refractivity contribution in [3.8, 4) is 6.01 Å². The number of nitrogens with one attached hydrogen (secondary N) is 1. The van der Waals surface area contributed by atoms with Gasteiger partial charge in [0.2, 0.25) is 5.82 Å². The van der Waals surface area contributed by atoms with Gasteiger partial charge in [-0.2, -0.15) is 14.6 Å². The second kappa shape index (κ2) is 8.80. The van der Waals surface area contributed by atoms with E-state index < -0.39 is 0 Å². The van der Waals surface area contributed by atoms with E-state index in [4.69, 9.17) is 14.5 Å². The van der Waals surface area contributed by atoms with Gasteiger partial charge in [0, 0.05) is 37.6 Å². The molecule has 0 aromatic carbocycles. The minimum absolute atomic E-state index is 0.000895. The number of anilines is 1. The molecule has 1 aliphatic carbocycles. The number of carbonyl (C=O) groups excluding carboxylic acids is 1. The molecule has 1 aliphatic heterocycles. The average molecular weight is 424 g/mol. The Labute approximate surface area is 178 Å². The van der Waals surface area contributed by atoms with Gasteiger partial charge in [-0.1, -0.05) is 0 Å². The highest BCUT2D eigenvalue weighted by molar-refractivity contribution is 5.90. The predicted octanol–water partition coefficient (Wildman–Crippen LogP) is 0.871. The van der Waals surface area contributed by atoms with E-state index in [-0.39, 0.29) is 23.9 Å². The Balaban J connectivity index is 1.23. The number of aromatic nitrogens is 6. The van der Waals surface area contributed by atoms with Gasteiger partial charge in [0.15, 0.2) is 5.65 Å². The molecule has 31 heavy (non-hydrogen) atoms. The van der Waals surface area contributed by atoms with Crippen LogP contribution >= 0.6 is 0 Å². The number of hydrogen-bond donors (Lipinski definition) is 1. The van der Waals surface area contributed by atoms with E-state index in [2.05, 4.69) is 30.3 Å². The summed E-state index contributed by atoms with van der Waals surface area (Å²) in [4.78, 5) is 31.5. The van der Waals surface area contributed by atoms with Gasteiger partial charge >= 0.3 is 6.01 Å². The van der Waals surface area contributed by atoms with Crippen LogP contribution in [-0.4, -0.2) is 73.9 Å². The van der Waals surface area contributed by atoms with Gasteiger partial charge in [0.05, 0.1) is 13.2 Å². The van der Waals surface area contributed by atoms with E-state index in [0.717, 1.165) is 44.6 Å². The standard InChI is InChI=1S/C20H24N8O3/c29-19(18-21-6-1-7-22-18)25-14-2-4-15(5-3-14)31-20-26-17(27-8-10-30-11-9-27)12-16-23-13-24-28(16)20/h1,6-7,12-15H,2-5,8-11H2,(H,25,29). The lowest BCUT2D eigenvalue weighted by molar-refractivity contribution is 0.0872. The van der Waals surface area contributed by atoms with Gasteiger partial charge in [-0.25, -0.2) is 15.0 Å². The molecule has 0 spiro atoms. The SMILES string of the molecule is O=C(NC1CCC(Oc2nc(N3CCOCC3)cc3ncnn23)CC1)c1ncccn1. The third-order valence-corrected chi connectivity index (χ3v) is 5.61. The molecule has 0 radical (unpaired) electrons. The molecule has 1 N–H and O–H groups in total. The molecule has 4 heterocycles. The molecule has 5 rings (SSSR count). The molecular formula is C20H24N8O3. The highest BCUT2D eigenvalue weighted by atomic mass is 16.5. The van der Waals surface area contributed by atoms with E-state index in [0.29, 0.717) is 24.9 Å². The smallest absolute Gasteiger partial charge is 0.321 e. The topological polar surface area (TPSA) is 120 Å². The van der Waals surface area contributed by atoms with Crippen molar-refractivity contribution < 1.29 is 14.3 Å². The molecule has 162 valence electrons. The van der Waals surface area contributed by atoms with E-state index in [1.54, 1.807) is 23.0 Å². The average Bonchev–Trinajstić information content (AvgIpc) is 3.31. The molecular weight excluding hydrogens is 400 g/mol. The predicted molar refractivity (Wildman–Crippen MR) is 110 cm³/mol. The van der Waals surface area contributed by atoms with Crippen molar-refractivity contribution in [2.45, 2.75) is 37.8 Å². The summed E-state index contributed by atoms with van der Waals surface area (Å²) < 4.78 is 13.3. The summed E-state index contributed by atoms with van der Waals surface area (Å²) >= 11 is 0. The number of rotatable bonds is 5. The van der Waals surface area contributed by atoms with Crippen LogP contribution in [0.3, 0.4) is 0 Å². The molecule has 2 fully saturated rings. The van der Waals surface area contributed by atoms with E-state index in [1.165, 1.54) is 6.33 Å². The summed E-state index contributed by atoms with van der Waals surface area (Å²) in [5, 5.41) is 7.28. The van der Waals surface area contributed by atoms with Crippen molar-refractivity contribution in [2.24, 2.45) is 0 Å². The maximum atomic E-state index is 12.3. The second-order valence-corrected chi connectivity index (χ2v) is 7.66. The fourth-order valence-electron chi connectivity index (χ4n) is 3.96. The van der Waals surface area contributed by atoms with Crippen molar-refractivity contribution in [1.29, 1.82) is 0 Å².